The van der Waals surface area contributed by atoms with Crippen molar-refractivity contribution >= 4 is 76.7 Å². The van der Waals surface area contributed by atoms with Crippen molar-refractivity contribution in [1.29, 1.82) is 0 Å². The van der Waals surface area contributed by atoms with Crippen molar-refractivity contribution in [2.45, 2.75) is 0 Å². The fourth-order valence-electron chi connectivity index (χ4n) is 8.69. The summed E-state index contributed by atoms with van der Waals surface area (Å²) in [6.07, 6.45) is 0. The maximum absolute atomic E-state index is 6.33. The van der Waals surface area contributed by atoms with Crippen LogP contribution in [0.2, 0.25) is 0 Å². The average molecular weight is 691 g/mol. The van der Waals surface area contributed by atoms with E-state index in [9.17, 15) is 0 Å². The molecule has 0 unspecified atom stereocenters. The molecule has 0 aliphatic rings. The van der Waals surface area contributed by atoms with Crippen LogP contribution in [0.15, 0.2) is 191 Å². The first-order chi connectivity index (χ1) is 26.8. The van der Waals surface area contributed by atoms with Crippen molar-refractivity contribution < 1.29 is 8.83 Å². The molecule has 8 aromatic carbocycles. The second-order valence-corrected chi connectivity index (χ2v) is 14.1. The molecule has 0 saturated carbocycles. The van der Waals surface area contributed by atoms with Crippen LogP contribution < -0.4 is 0 Å². The largest absolute Gasteiger partial charge is 0.425 e. The molecule has 0 aliphatic carbocycles. The molecule has 0 atom stereocenters. The second kappa shape index (κ2) is 11.1. The molecule has 4 heteroatoms. The van der Waals surface area contributed by atoms with Crippen LogP contribution in [0.25, 0.3) is 110 Å². The molecule has 4 nitrogen and oxygen atoms in total. The molecule has 0 spiro atoms. The van der Waals surface area contributed by atoms with Crippen LogP contribution >= 0.6 is 0 Å². The summed E-state index contributed by atoms with van der Waals surface area (Å²) < 4.78 is 17.4. The Hall–Kier alpha value is -7.30. The zero-order valence-corrected chi connectivity index (χ0v) is 29.0. The molecule has 4 heterocycles. The van der Waals surface area contributed by atoms with E-state index >= 15 is 0 Å². The van der Waals surface area contributed by atoms with Gasteiger partial charge in [-0.05, 0) is 107 Å². The van der Waals surface area contributed by atoms with E-state index in [2.05, 4.69) is 191 Å². The Kier molecular flexibility index (Phi) is 6.02. The Morgan fingerprint density at radius 3 is 1.13 bits per heavy atom. The quantitative estimate of drug-likeness (QED) is 0.184. The Bertz CT molecular complexity index is 3210. The van der Waals surface area contributed by atoms with Gasteiger partial charge in [-0.25, -0.2) is 0 Å². The molecule has 0 fully saturated rings. The van der Waals surface area contributed by atoms with Crippen LogP contribution in [-0.2, 0) is 0 Å². The number of fused-ring (bicyclic) bond motifs is 11. The summed E-state index contributed by atoms with van der Waals surface area (Å²) in [6, 6.07) is 65.1. The number of nitrogens with zero attached hydrogens (tertiary/aromatic N) is 2. The fraction of sp³-hybridized carbons (Fsp3) is 0. The van der Waals surface area contributed by atoms with Gasteiger partial charge in [0.25, 0.3) is 5.78 Å². The minimum absolute atomic E-state index is 0.553. The number of hydrogen-bond donors (Lipinski definition) is 0. The normalized spacial score (nSPS) is 12.1. The van der Waals surface area contributed by atoms with E-state index in [1.54, 1.807) is 0 Å². The van der Waals surface area contributed by atoms with Gasteiger partial charge in [-0.1, -0.05) is 97.1 Å². The molecule has 0 saturated heterocycles. The summed E-state index contributed by atoms with van der Waals surface area (Å²) in [4.78, 5) is 0. The third kappa shape index (κ3) is 4.19. The molecule has 0 aliphatic heterocycles. The minimum Gasteiger partial charge on any atom is -0.425 e. The standard InChI is InChI=1S/C50H30N2O2/c1-3-11-35(12-4-1)51-43-17-9-7-15-37(43)39-27-31(19-23-45(39)51)33-21-25-47-41(29-33)49-42-30-34(22-26-48(42)54-50(49)53-47)32-20-24-46-40(28-32)38-16-8-10-18-44(38)52(46)36-13-5-2-6-14-36/h1-30H. The number of para-hydroxylation sites is 4. The van der Waals surface area contributed by atoms with Crippen molar-refractivity contribution in [3.63, 3.8) is 0 Å². The minimum atomic E-state index is 0.553. The van der Waals surface area contributed by atoms with Gasteiger partial charge in [-0.2, -0.15) is 0 Å². The summed E-state index contributed by atoms with van der Waals surface area (Å²) in [6.45, 7) is 0. The molecule has 54 heavy (non-hydrogen) atoms. The van der Waals surface area contributed by atoms with Gasteiger partial charge in [0.2, 0.25) is 0 Å². The Labute approximate surface area is 309 Å². The van der Waals surface area contributed by atoms with E-state index < -0.39 is 0 Å². The van der Waals surface area contributed by atoms with Gasteiger partial charge in [0.1, 0.15) is 11.2 Å². The van der Waals surface area contributed by atoms with Crippen LogP contribution in [0.1, 0.15) is 0 Å². The van der Waals surface area contributed by atoms with Crippen molar-refractivity contribution in [2.75, 3.05) is 0 Å². The van der Waals surface area contributed by atoms with E-state index in [1.165, 1.54) is 43.6 Å². The highest BCUT2D eigenvalue weighted by Gasteiger charge is 2.19. The predicted octanol–water partition coefficient (Wildman–Crippen LogP) is 13.9. The zero-order valence-electron chi connectivity index (χ0n) is 29.0. The number of furan rings is 2. The lowest BCUT2D eigenvalue weighted by molar-refractivity contribution is 0.524. The van der Waals surface area contributed by atoms with Crippen LogP contribution in [-0.4, -0.2) is 9.13 Å². The highest BCUT2D eigenvalue weighted by molar-refractivity contribution is 6.19. The van der Waals surface area contributed by atoms with Crippen molar-refractivity contribution in [3.05, 3.63) is 182 Å². The van der Waals surface area contributed by atoms with Gasteiger partial charge in [-0.3, -0.25) is 0 Å². The summed E-state index contributed by atoms with van der Waals surface area (Å²) in [5.41, 5.74) is 13.3. The van der Waals surface area contributed by atoms with Crippen molar-refractivity contribution in [3.8, 4) is 33.6 Å². The third-order valence-electron chi connectivity index (χ3n) is 11.1. The molecule has 12 aromatic rings. The lowest BCUT2D eigenvalue weighted by Crippen LogP contribution is -1.92. The number of benzene rings is 8. The maximum atomic E-state index is 6.33. The van der Waals surface area contributed by atoms with E-state index in [0.717, 1.165) is 61.0 Å². The van der Waals surface area contributed by atoms with Gasteiger partial charge in [0.15, 0.2) is 0 Å². The Balaban J connectivity index is 1.00. The molecular weight excluding hydrogens is 661 g/mol. The van der Waals surface area contributed by atoms with Crippen molar-refractivity contribution in [2.24, 2.45) is 0 Å². The average Bonchev–Trinajstić information content (AvgIpc) is 3.97. The van der Waals surface area contributed by atoms with Crippen LogP contribution in [0.5, 0.6) is 0 Å². The highest BCUT2D eigenvalue weighted by Crippen LogP contribution is 2.42. The molecule has 0 radical (unpaired) electrons. The molecule has 0 amide bonds. The first-order valence-corrected chi connectivity index (χ1v) is 18.3. The van der Waals surface area contributed by atoms with Gasteiger partial charge >= 0.3 is 0 Å². The van der Waals surface area contributed by atoms with E-state index in [1.807, 2.05) is 0 Å². The summed E-state index contributed by atoms with van der Waals surface area (Å²) in [7, 11) is 0. The van der Waals surface area contributed by atoms with E-state index in [-0.39, 0.29) is 0 Å². The number of rotatable bonds is 4. The maximum Gasteiger partial charge on any atom is 0.299 e. The molecule has 0 bridgehead atoms. The Morgan fingerprint density at radius 1 is 0.296 bits per heavy atom. The van der Waals surface area contributed by atoms with Gasteiger partial charge in [0.05, 0.1) is 27.5 Å². The third-order valence-corrected chi connectivity index (χ3v) is 11.1. The highest BCUT2D eigenvalue weighted by atomic mass is 16.5. The fourth-order valence-corrected chi connectivity index (χ4v) is 8.69. The van der Waals surface area contributed by atoms with E-state index in [0.29, 0.717) is 5.78 Å². The summed E-state index contributed by atoms with van der Waals surface area (Å²) >= 11 is 0. The van der Waals surface area contributed by atoms with Crippen molar-refractivity contribution in [1.82, 2.24) is 9.13 Å². The second-order valence-electron chi connectivity index (χ2n) is 14.1. The topological polar surface area (TPSA) is 36.1 Å². The molecular formula is C50H30N2O2. The van der Waals surface area contributed by atoms with E-state index in [4.69, 9.17) is 8.83 Å². The first kappa shape index (κ1) is 29.3. The molecule has 4 aromatic heterocycles. The molecule has 252 valence electrons. The summed E-state index contributed by atoms with van der Waals surface area (Å²) in [5.74, 6) is 0.553. The lowest BCUT2D eigenvalue weighted by atomic mass is 9.99. The van der Waals surface area contributed by atoms with Crippen LogP contribution in [0.4, 0.5) is 0 Å². The number of hydrogen-bond acceptors (Lipinski definition) is 2. The monoisotopic (exact) mass is 690 g/mol. The Morgan fingerprint density at radius 2 is 0.667 bits per heavy atom. The van der Waals surface area contributed by atoms with Crippen LogP contribution in [0.3, 0.4) is 0 Å². The first-order valence-electron chi connectivity index (χ1n) is 18.3. The van der Waals surface area contributed by atoms with Crippen LogP contribution in [0, 0.1) is 0 Å². The SMILES string of the molecule is c1ccc(-n2c3ccccc3c3cc(-c4ccc5oc6oc7ccc(-c8ccc9c(c8)c8ccccc8n9-c8ccccc8)cc7c6c5c4)ccc32)cc1. The smallest absolute Gasteiger partial charge is 0.299 e. The van der Waals surface area contributed by atoms with Gasteiger partial charge in [-0.15, -0.1) is 0 Å². The molecule has 12 rings (SSSR count). The zero-order chi connectivity index (χ0) is 35.3. The molecule has 0 N–H and O–H groups in total. The summed E-state index contributed by atoms with van der Waals surface area (Å²) in [5, 5.41) is 8.03. The van der Waals surface area contributed by atoms with Gasteiger partial charge < -0.3 is 18.0 Å². The predicted molar refractivity (Wildman–Crippen MR) is 223 cm³/mol. The van der Waals surface area contributed by atoms with Gasteiger partial charge in [0, 0.05) is 43.7 Å². The number of aromatic nitrogens is 2. The lowest BCUT2D eigenvalue weighted by Gasteiger charge is -2.08.